The van der Waals surface area contributed by atoms with Crippen LogP contribution in [0, 0.1) is 12.8 Å². The summed E-state index contributed by atoms with van der Waals surface area (Å²) >= 11 is 0. The summed E-state index contributed by atoms with van der Waals surface area (Å²) in [4.78, 5) is 28.8. The molecule has 284 valence electrons. The Kier molecular flexibility index (Phi) is 13.7. The first kappa shape index (κ1) is 40.6. The minimum atomic E-state index is -4.52. The number of urea groups is 1. The van der Waals surface area contributed by atoms with E-state index in [1.54, 1.807) is 43.3 Å². The van der Waals surface area contributed by atoms with Crippen molar-refractivity contribution in [2.45, 2.75) is 76.3 Å². The molecule has 0 fully saturated rings. The van der Waals surface area contributed by atoms with Gasteiger partial charge in [0.1, 0.15) is 5.75 Å². The van der Waals surface area contributed by atoms with Crippen LogP contribution in [0.3, 0.4) is 0 Å². The molecule has 0 unspecified atom stereocenters. The summed E-state index contributed by atoms with van der Waals surface area (Å²) in [5, 5.41) is 15.3. The Bertz CT molecular complexity index is 1770. The molecule has 11 nitrogen and oxygen atoms in total. The monoisotopic (exact) mass is 748 g/mol. The lowest BCUT2D eigenvalue weighted by Crippen LogP contribution is -2.48. The van der Waals surface area contributed by atoms with Crippen molar-refractivity contribution in [3.63, 3.8) is 0 Å². The topological polar surface area (TPSA) is 138 Å². The molecule has 4 rings (SSSR count). The number of alkyl halides is 3. The Morgan fingerprint density at radius 2 is 1.65 bits per heavy atom. The van der Waals surface area contributed by atoms with Crippen LogP contribution in [-0.4, -0.2) is 86.3 Å². The van der Waals surface area contributed by atoms with Crippen molar-refractivity contribution in [2.75, 3.05) is 44.0 Å². The Labute approximate surface area is 303 Å². The number of likely N-dealkylation sites (N-methyl/N-ethyl adjacent to an activating group) is 1. The molecule has 1 heterocycles. The normalized spacial score (nSPS) is 20.0. The van der Waals surface area contributed by atoms with Gasteiger partial charge in [-0.15, -0.1) is 0 Å². The predicted octanol–water partition coefficient (Wildman–Crippen LogP) is 6.77. The van der Waals surface area contributed by atoms with Gasteiger partial charge in [-0.2, -0.15) is 17.5 Å². The molecular weight excluding hydrogens is 701 g/mol. The fourth-order valence-corrected chi connectivity index (χ4v) is 6.92. The lowest BCUT2D eigenvalue weighted by molar-refractivity contribution is -0.137. The number of benzene rings is 3. The maximum Gasteiger partial charge on any atom is 0.416 e. The number of aliphatic hydroxyl groups excluding tert-OH is 1. The third kappa shape index (κ3) is 10.7. The minimum absolute atomic E-state index is 0.0190. The van der Waals surface area contributed by atoms with E-state index in [-0.39, 0.29) is 53.4 Å². The molecule has 0 aromatic heterocycles. The zero-order valence-corrected chi connectivity index (χ0v) is 30.8. The van der Waals surface area contributed by atoms with Crippen LogP contribution in [0.15, 0.2) is 71.6 Å². The fraction of sp³-hybridized carbons (Fsp3) is 0.459. The van der Waals surface area contributed by atoms with Crippen LogP contribution in [-0.2, 0) is 20.9 Å². The van der Waals surface area contributed by atoms with Gasteiger partial charge in [0.05, 0.1) is 40.9 Å². The highest BCUT2D eigenvalue weighted by Gasteiger charge is 2.33. The maximum atomic E-state index is 14.4. The summed E-state index contributed by atoms with van der Waals surface area (Å²) in [6, 6.07) is 13.7. The van der Waals surface area contributed by atoms with Gasteiger partial charge in [0.25, 0.3) is 5.91 Å². The number of fused-ring (bicyclic) bond motifs is 1. The molecule has 0 saturated heterocycles. The van der Waals surface area contributed by atoms with Crippen LogP contribution < -0.4 is 15.4 Å². The van der Waals surface area contributed by atoms with Crippen molar-refractivity contribution in [1.29, 1.82) is 0 Å². The van der Waals surface area contributed by atoms with Gasteiger partial charge in [-0.1, -0.05) is 24.6 Å². The zero-order valence-electron chi connectivity index (χ0n) is 29.9. The summed E-state index contributed by atoms with van der Waals surface area (Å²) < 4.78 is 79.6. The number of aryl methyl sites for hydroxylation is 1. The Hall–Kier alpha value is -4.18. The molecule has 0 radical (unpaired) electrons. The number of hydrogen-bond donors (Lipinski definition) is 3. The smallest absolute Gasteiger partial charge is 0.416 e. The van der Waals surface area contributed by atoms with E-state index in [1.807, 2.05) is 20.8 Å². The number of amides is 3. The maximum absolute atomic E-state index is 14.4. The first-order valence-electron chi connectivity index (χ1n) is 17.1. The quantitative estimate of drug-likeness (QED) is 0.231. The summed E-state index contributed by atoms with van der Waals surface area (Å²) in [7, 11) is -2.35. The van der Waals surface area contributed by atoms with E-state index in [0.717, 1.165) is 36.2 Å². The number of aliphatic hydroxyl groups is 1. The molecule has 3 aromatic carbocycles. The number of nitrogens with zero attached hydrogens (tertiary/aromatic N) is 2. The number of carbonyl (C=O) groups excluding carboxylic acids is 2. The molecule has 1 aliphatic rings. The number of sulfonamides is 1. The summed E-state index contributed by atoms with van der Waals surface area (Å²) in [5.74, 6) is -0.628. The zero-order chi connectivity index (χ0) is 38.2. The van der Waals surface area contributed by atoms with E-state index in [4.69, 9.17) is 9.47 Å². The first-order valence-corrected chi connectivity index (χ1v) is 18.6. The Morgan fingerprint density at radius 3 is 2.29 bits per heavy atom. The van der Waals surface area contributed by atoms with Crippen molar-refractivity contribution in [3.8, 4) is 5.75 Å². The highest BCUT2D eigenvalue weighted by molar-refractivity contribution is 7.89. The molecule has 52 heavy (non-hydrogen) atoms. The molecule has 4 atom stereocenters. The average Bonchev–Trinajstić information content (AvgIpc) is 3.09. The summed E-state index contributed by atoms with van der Waals surface area (Å²) in [6.45, 7) is 7.38. The standard InChI is InChI=1S/C37H47F3N4O7S/c1-24-9-16-31(17-10-24)52(48,49)43(5)22-34-25(2)21-44(26(3)23-45)35(46)32-20-30(15-18-33(32)51-27(4)8-6-7-19-50-34)42-36(47)41-29-13-11-28(12-14-29)37(38,39)40/h9-18,20,25-27,34,45H,6-8,19,21-23H2,1-5H3,(H2,41,42,47)/t25-,26-,27+,34+/m0/s1. The largest absolute Gasteiger partial charge is 0.490 e. The van der Waals surface area contributed by atoms with E-state index >= 15 is 0 Å². The molecule has 1 aliphatic heterocycles. The number of nitrogens with one attached hydrogen (secondary N) is 2. The van der Waals surface area contributed by atoms with Crippen molar-refractivity contribution in [3.05, 3.63) is 83.4 Å². The van der Waals surface area contributed by atoms with Gasteiger partial charge in [-0.3, -0.25) is 4.79 Å². The highest BCUT2D eigenvalue weighted by Crippen LogP contribution is 2.31. The van der Waals surface area contributed by atoms with Crippen LogP contribution >= 0.6 is 0 Å². The number of ether oxygens (including phenoxy) is 2. The summed E-state index contributed by atoms with van der Waals surface area (Å²) in [6.07, 6.45) is -3.38. The lowest BCUT2D eigenvalue weighted by atomic mass is 10.0. The van der Waals surface area contributed by atoms with Gasteiger partial charge in [0.15, 0.2) is 0 Å². The van der Waals surface area contributed by atoms with Crippen molar-refractivity contribution in [1.82, 2.24) is 9.21 Å². The van der Waals surface area contributed by atoms with E-state index in [0.29, 0.717) is 19.4 Å². The van der Waals surface area contributed by atoms with E-state index in [1.165, 1.54) is 22.3 Å². The molecule has 0 saturated carbocycles. The summed E-state index contributed by atoms with van der Waals surface area (Å²) in [5.41, 5.74) is 0.523. The lowest BCUT2D eigenvalue weighted by Gasteiger charge is -2.35. The molecular formula is C37H47F3N4O7S. The van der Waals surface area contributed by atoms with Gasteiger partial charge < -0.3 is 30.1 Å². The van der Waals surface area contributed by atoms with Crippen LogP contribution in [0.4, 0.5) is 29.3 Å². The molecule has 0 aliphatic carbocycles. The van der Waals surface area contributed by atoms with Gasteiger partial charge in [-0.25, -0.2) is 13.2 Å². The molecule has 3 N–H and O–H groups in total. The highest BCUT2D eigenvalue weighted by atomic mass is 32.2. The van der Waals surface area contributed by atoms with E-state index in [9.17, 15) is 36.3 Å². The second kappa shape index (κ2) is 17.6. The molecule has 3 amide bonds. The number of anilines is 2. The van der Waals surface area contributed by atoms with Crippen LogP contribution in [0.2, 0.25) is 0 Å². The predicted molar refractivity (Wildman–Crippen MR) is 192 cm³/mol. The minimum Gasteiger partial charge on any atom is -0.490 e. The van der Waals surface area contributed by atoms with Gasteiger partial charge in [0.2, 0.25) is 10.0 Å². The SMILES string of the molecule is Cc1ccc(S(=O)(=O)N(C)C[C@H]2OCCCC[C@@H](C)Oc3ccc(NC(=O)Nc4ccc(C(F)(F)F)cc4)cc3C(=O)N([C@@H](C)CO)C[C@@H]2C)cc1. The Balaban J connectivity index is 1.60. The van der Waals surface area contributed by atoms with Crippen LogP contribution in [0.25, 0.3) is 0 Å². The van der Waals surface area contributed by atoms with Crippen LogP contribution in [0.5, 0.6) is 5.75 Å². The van der Waals surface area contributed by atoms with Crippen LogP contribution in [0.1, 0.15) is 61.5 Å². The fourth-order valence-electron chi connectivity index (χ4n) is 5.74. The second-order valence-electron chi connectivity index (χ2n) is 13.3. The van der Waals surface area contributed by atoms with Gasteiger partial charge >= 0.3 is 12.2 Å². The number of halogens is 3. The van der Waals surface area contributed by atoms with E-state index < -0.39 is 51.8 Å². The Morgan fingerprint density at radius 1 is 1.02 bits per heavy atom. The third-order valence-electron chi connectivity index (χ3n) is 8.95. The molecule has 0 bridgehead atoms. The van der Waals surface area contributed by atoms with Gasteiger partial charge in [-0.05, 0) is 94.6 Å². The first-order chi connectivity index (χ1) is 24.5. The number of rotatable bonds is 8. The molecule has 3 aromatic rings. The third-order valence-corrected chi connectivity index (χ3v) is 10.8. The number of hydrogen-bond acceptors (Lipinski definition) is 7. The van der Waals surface area contributed by atoms with Crippen molar-refractivity contribution < 1.29 is 45.8 Å². The van der Waals surface area contributed by atoms with Crippen molar-refractivity contribution >= 4 is 33.3 Å². The second-order valence-corrected chi connectivity index (χ2v) is 15.3. The van der Waals surface area contributed by atoms with E-state index in [2.05, 4.69) is 10.6 Å². The molecule has 15 heteroatoms. The molecule has 0 spiro atoms. The number of carbonyl (C=O) groups is 2. The van der Waals surface area contributed by atoms with Gasteiger partial charge in [0, 0.05) is 44.0 Å². The van der Waals surface area contributed by atoms with Crippen molar-refractivity contribution in [2.24, 2.45) is 5.92 Å². The average molecular weight is 749 g/mol.